The van der Waals surface area contributed by atoms with Gasteiger partial charge in [0.05, 0.1) is 6.61 Å². The fraction of sp³-hybridized carbons (Fsp3) is 0.407. The Morgan fingerprint density at radius 2 is 1.77 bits per heavy atom. The van der Waals surface area contributed by atoms with Gasteiger partial charge in [0.2, 0.25) is 0 Å². The van der Waals surface area contributed by atoms with Crippen LogP contribution in [0, 0.1) is 11.7 Å². The Morgan fingerprint density at radius 1 is 1.06 bits per heavy atom. The summed E-state index contributed by atoms with van der Waals surface area (Å²) < 4.78 is 18.5. The molecule has 2 heterocycles. The smallest absolute Gasteiger partial charge is 0.265 e. The minimum atomic E-state index is -0.198. The summed E-state index contributed by atoms with van der Waals surface area (Å²) in [4.78, 5) is 28.1. The largest absolute Gasteiger partial charge is 0.496 e. The van der Waals surface area contributed by atoms with E-state index in [2.05, 4.69) is 15.5 Å². The third-order valence-electron chi connectivity index (χ3n) is 6.47. The standard InChI is InChI=1S/C27H32FN3O3S/c1-19-25(35-17-16-34-19)27(33)30-24-8-4-22(5-9-24)26(32)29-18-21-11-14-31(15-12-21)13-10-20-2-6-23(28)7-3-20/h2-9,21H,10-18H2,1H3,(H,29,32)(H,30,33). The van der Waals surface area contributed by atoms with Crippen molar-refractivity contribution in [3.8, 4) is 0 Å². The van der Waals surface area contributed by atoms with E-state index in [1.165, 1.54) is 23.9 Å². The summed E-state index contributed by atoms with van der Waals surface area (Å²) in [6.45, 7) is 6.06. The van der Waals surface area contributed by atoms with Crippen LogP contribution in [0.1, 0.15) is 35.7 Å². The molecule has 186 valence electrons. The van der Waals surface area contributed by atoms with Crippen LogP contribution in [0.15, 0.2) is 59.2 Å². The number of thioether (sulfide) groups is 1. The van der Waals surface area contributed by atoms with Crippen molar-refractivity contribution in [2.45, 2.75) is 26.2 Å². The summed E-state index contributed by atoms with van der Waals surface area (Å²) in [5.74, 6) is 1.38. The Hall–Kier alpha value is -2.84. The van der Waals surface area contributed by atoms with E-state index in [1.54, 1.807) is 31.2 Å². The average molecular weight is 498 g/mol. The molecular formula is C27H32FN3O3S. The van der Waals surface area contributed by atoms with Crippen molar-refractivity contribution < 1.29 is 18.7 Å². The van der Waals surface area contributed by atoms with Gasteiger partial charge in [-0.15, -0.1) is 11.8 Å². The monoisotopic (exact) mass is 497 g/mol. The molecule has 1 saturated heterocycles. The van der Waals surface area contributed by atoms with Gasteiger partial charge < -0.3 is 20.3 Å². The lowest BCUT2D eigenvalue weighted by Gasteiger charge is -2.32. The molecule has 0 saturated carbocycles. The molecule has 8 heteroatoms. The van der Waals surface area contributed by atoms with Crippen LogP contribution in [0.4, 0.5) is 10.1 Å². The summed E-state index contributed by atoms with van der Waals surface area (Å²) >= 11 is 1.49. The Kier molecular flexibility index (Phi) is 8.82. The highest BCUT2D eigenvalue weighted by atomic mass is 32.2. The van der Waals surface area contributed by atoms with Crippen molar-refractivity contribution in [2.24, 2.45) is 5.92 Å². The predicted octanol–water partition coefficient (Wildman–Crippen LogP) is 4.44. The zero-order valence-corrected chi connectivity index (χ0v) is 20.8. The van der Waals surface area contributed by atoms with Gasteiger partial charge in [0.1, 0.15) is 16.5 Å². The topological polar surface area (TPSA) is 70.7 Å². The van der Waals surface area contributed by atoms with Gasteiger partial charge in [-0.25, -0.2) is 4.39 Å². The number of allylic oxidation sites excluding steroid dienone is 1. The van der Waals surface area contributed by atoms with Crippen LogP contribution < -0.4 is 10.6 Å². The number of ether oxygens (including phenoxy) is 1. The van der Waals surface area contributed by atoms with Crippen molar-refractivity contribution in [2.75, 3.05) is 43.9 Å². The van der Waals surface area contributed by atoms with Gasteiger partial charge in [-0.1, -0.05) is 12.1 Å². The van der Waals surface area contributed by atoms with Crippen LogP contribution in [0.25, 0.3) is 0 Å². The highest BCUT2D eigenvalue weighted by Gasteiger charge is 2.21. The van der Waals surface area contributed by atoms with E-state index in [4.69, 9.17) is 4.74 Å². The SMILES string of the molecule is CC1=C(C(=O)Nc2ccc(C(=O)NCC3CCN(CCc4ccc(F)cc4)CC3)cc2)SCCO1. The van der Waals surface area contributed by atoms with Crippen LogP contribution in [0.5, 0.6) is 0 Å². The van der Waals surface area contributed by atoms with Gasteiger partial charge >= 0.3 is 0 Å². The first kappa shape index (κ1) is 25.3. The van der Waals surface area contributed by atoms with E-state index in [-0.39, 0.29) is 17.6 Å². The summed E-state index contributed by atoms with van der Waals surface area (Å²) in [5.41, 5.74) is 2.37. The quantitative estimate of drug-likeness (QED) is 0.564. The minimum absolute atomic E-state index is 0.101. The number of rotatable bonds is 8. The lowest BCUT2D eigenvalue weighted by Crippen LogP contribution is -2.39. The maximum atomic E-state index is 13.0. The fourth-order valence-corrected chi connectivity index (χ4v) is 5.13. The first-order valence-electron chi connectivity index (χ1n) is 12.1. The maximum absolute atomic E-state index is 13.0. The summed E-state index contributed by atoms with van der Waals surface area (Å²) in [6.07, 6.45) is 3.01. The summed E-state index contributed by atoms with van der Waals surface area (Å²) in [5, 5.41) is 5.93. The van der Waals surface area contributed by atoms with Crippen LogP contribution in [-0.4, -0.2) is 55.3 Å². The van der Waals surface area contributed by atoms with E-state index < -0.39 is 0 Å². The minimum Gasteiger partial charge on any atom is -0.496 e. The highest BCUT2D eigenvalue weighted by molar-refractivity contribution is 8.04. The Balaban J connectivity index is 1.17. The molecule has 2 aromatic carbocycles. The number of hydrogen-bond donors (Lipinski definition) is 2. The van der Waals surface area contributed by atoms with Gasteiger partial charge in [0, 0.05) is 30.1 Å². The van der Waals surface area contributed by atoms with E-state index in [9.17, 15) is 14.0 Å². The molecule has 2 N–H and O–H groups in total. The third-order valence-corrected chi connectivity index (χ3v) is 7.60. The van der Waals surface area contributed by atoms with Gasteiger partial charge in [-0.2, -0.15) is 0 Å². The molecule has 2 aliphatic heterocycles. The molecule has 0 unspecified atom stereocenters. The van der Waals surface area contributed by atoms with Crippen molar-refractivity contribution in [1.29, 1.82) is 0 Å². The number of benzene rings is 2. The number of carbonyl (C=O) groups is 2. The Morgan fingerprint density at radius 3 is 2.46 bits per heavy atom. The predicted molar refractivity (Wildman–Crippen MR) is 138 cm³/mol. The number of nitrogens with one attached hydrogen (secondary N) is 2. The molecule has 2 aliphatic rings. The zero-order valence-electron chi connectivity index (χ0n) is 20.0. The van der Waals surface area contributed by atoms with Crippen molar-refractivity contribution >= 4 is 29.3 Å². The second kappa shape index (κ2) is 12.2. The Labute approximate surface area is 210 Å². The molecular weight excluding hydrogens is 465 g/mol. The second-order valence-corrected chi connectivity index (χ2v) is 10.1. The Bertz CT molecular complexity index is 1050. The number of anilines is 1. The average Bonchev–Trinajstić information content (AvgIpc) is 2.88. The molecule has 2 amide bonds. The van der Waals surface area contributed by atoms with Crippen LogP contribution in [0.3, 0.4) is 0 Å². The van der Waals surface area contributed by atoms with Gasteiger partial charge in [-0.3, -0.25) is 9.59 Å². The maximum Gasteiger partial charge on any atom is 0.265 e. The van der Waals surface area contributed by atoms with E-state index in [0.717, 1.165) is 50.2 Å². The molecule has 1 fully saturated rings. The highest BCUT2D eigenvalue weighted by Crippen LogP contribution is 2.26. The molecule has 0 bridgehead atoms. The van der Waals surface area contributed by atoms with Gasteiger partial charge in [-0.05, 0) is 87.2 Å². The second-order valence-electron chi connectivity index (χ2n) is 8.99. The lowest BCUT2D eigenvalue weighted by molar-refractivity contribution is -0.112. The number of nitrogens with zero attached hydrogens (tertiary/aromatic N) is 1. The van der Waals surface area contributed by atoms with Crippen LogP contribution in [-0.2, 0) is 16.0 Å². The molecule has 2 aromatic rings. The van der Waals surface area contributed by atoms with Gasteiger partial charge in [0.25, 0.3) is 11.8 Å². The van der Waals surface area contributed by atoms with Crippen LogP contribution >= 0.6 is 11.8 Å². The first-order valence-corrected chi connectivity index (χ1v) is 13.1. The molecule has 4 rings (SSSR count). The molecule has 0 aromatic heterocycles. The van der Waals surface area contributed by atoms with Crippen molar-refractivity contribution in [1.82, 2.24) is 10.2 Å². The first-order chi connectivity index (χ1) is 17.0. The molecule has 0 aliphatic carbocycles. The van der Waals surface area contributed by atoms with E-state index >= 15 is 0 Å². The number of amides is 2. The number of carbonyl (C=O) groups excluding carboxylic acids is 2. The zero-order chi connectivity index (χ0) is 24.6. The number of piperidine rings is 1. The van der Waals surface area contributed by atoms with Gasteiger partial charge in [0.15, 0.2) is 0 Å². The van der Waals surface area contributed by atoms with E-state index in [0.29, 0.717) is 41.0 Å². The molecule has 0 atom stereocenters. The van der Waals surface area contributed by atoms with Crippen molar-refractivity contribution in [3.63, 3.8) is 0 Å². The lowest BCUT2D eigenvalue weighted by atomic mass is 9.96. The van der Waals surface area contributed by atoms with Crippen LogP contribution in [0.2, 0.25) is 0 Å². The number of hydrogen-bond acceptors (Lipinski definition) is 5. The summed E-state index contributed by atoms with van der Waals surface area (Å²) in [7, 11) is 0. The number of halogens is 1. The normalized spacial score (nSPS) is 17.1. The third kappa shape index (κ3) is 7.32. The number of likely N-dealkylation sites (tertiary alicyclic amines) is 1. The van der Waals surface area contributed by atoms with E-state index in [1.807, 2.05) is 12.1 Å². The molecule has 0 spiro atoms. The molecule has 35 heavy (non-hydrogen) atoms. The fourth-order valence-electron chi connectivity index (χ4n) is 4.32. The molecule has 0 radical (unpaired) electrons. The molecule has 6 nitrogen and oxygen atoms in total. The summed E-state index contributed by atoms with van der Waals surface area (Å²) in [6, 6.07) is 13.7. The van der Waals surface area contributed by atoms with Crippen molar-refractivity contribution in [3.05, 3.63) is 76.1 Å².